The number of furan rings is 1. The molecule has 0 spiro atoms. The summed E-state index contributed by atoms with van der Waals surface area (Å²) in [6.07, 6.45) is 3.17. The van der Waals surface area contributed by atoms with Crippen LogP contribution in [0.2, 0.25) is 0 Å². The third-order valence-electron chi connectivity index (χ3n) is 4.90. The first-order valence-corrected chi connectivity index (χ1v) is 10.3. The molecule has 1 N–H and O–H groups in total. The van der Waals surface area contributed by atoms with Gasteiger partial charge in [-0.3, -0.25) is 4.79 Å². The highest BCUT2D eigenvalue weighted by Gasteiger charge is 2.16. The van der Waals surface area contributed by atoms with Gasteiger partial charge in [-0.25, -0.2) is 4.98 Å². The highest BCUT2D eigenvalue weighted by atomic mass is 16.5. The summed E-state index contributed by atoms with van der Waals surface area (Å²) in [5.74, 6) is 1.94. The molecule has 6 nitrogen and oxygen atoms in total. The number of pyridine rings is 1. The highest BCUT2D eigenvalue weighted by Crippen LogP contribution is 2.24. The minimum atomic E-state index is -0.308. The van der Waals surface area contributed by atoms with Crippen molar-refractivity contribution in [2.24, 2.45) is 0 Å². The summed E-state index contributed by atoms with van der Waals surface area (Å²) >= 11 is 0. The largest absolute Gasteiger partial charge is 0.489 e. The second-order valence-electron chi connectivity index (χ2n) is 7.44. The van der Waals surface area contributed by atoms with Crippen molar-refractivity contribution in [2.75, 3.05) is 0 Å². The van der Waals surface area contributed by atoms with Gasteiger partial charge in [0.05, 0.1) is 6.26 Å². The molecule has 0 saturated heterocycles. The van der Waals surface area contributed by atoms with E-state index in [-0.39, 0.29) is 18.3 Å². The van der Waals surface area contributed by atoms with E-state index in [1.54, 1.807) is 18.3 Å². The molecule has 0 aliphatic rings. The Morgan fingerprint density at radius 1 is 1.03 bits per heavy atom. The molecule has 4 aromatic rings. The molecule has 0 aliphatic carbocycles. The number of nitrogens with zero attached hydrogens (tertiary/aromatic N) is 1. The van der Waals surface area contributed by atoms with E-state index >= 15 is 0 Å². The van der Waals surface area contributed by atoms with Crippen LogP contribution in [0, 0.1) is 13.8 Å². The molecule has 2 aromatic heterocycles. The molecule has 6 heteroatoms. The number of rotatable bonds is 8. The maximum Gasteiger partial charge on any atom is 0.287 e. The van der Waals surface area contributed by atoms with Gasteiger partial charge in [0.1, 0.15) is 18.1 Å². The average Bonchev–Trinajstić information content (AvgIpc) is 3.29. The van der Waals surface area contributed by atoms with Gasteiger partial charge < -0.3 is 19.2 Å². The van der Waals surface area contributed by atoms with E-state index in [0.29, 0.717) is 18.0 Å². The number of aryl methyl sites for hydroxylation is 2. The van der Waals surface area contributed by atoms with Gasteiger partial charge in [0.2, 0.25) is 5.88 Å². The van der Waals surface area contributed by atoms with Crippen molar-refractivity contribution in [3.63, 3.8) is 0 Å². The standard InChI is InChI=1S/C26H24N2O4/c1-18-8-9-19(2)23(14-18)32-24-11-10-20(15-27-24)16-28-26(29)25-21(12-13-30-25)17-31-22-6-4-3-5-7-22/h3-15H,16-17H2,1-2H3,(H,28,29). The number of benzene rings is 2. The Morgan fingerprint density at radius 3 is 2.66 bits per heavy atom. The molecule has 0 aliphatic heterocycles. The third kappa shape index (κ3) is 5.35. The molecule has 0 atom stereocenters. The first kappa shape index (κ1) is 21.2. The quantitative estimate of drug-likeness (QED) is 0.396. The van der Waals surface area contributed by atoms with E-state index in [4.69, 9.17) is 13.9 Å². The van der Waals surface area contributed by atoms with E-state index in [9.17, 15) is 4.79 Å². The molecule has 4 rings (SSSR count). The first-order chi connectivity index (χ1) is 15.6. The number of amides is 1. The summed E-state index contributed by atoms with van der Waals surface area (Å²) in [7, 11) is 0. The Bertz CT molecular complexity index is 1180. The Kier molecular flexibility index (Phi) is 6.51. The summed E-state index contributed by atoms with van der Waals surface area (Å²) in [4.78, 5) is 16.9. The molecule has 162 valence electrons. The van der Waals surface area contributed by atoms with Crippen LogP contribution >= 0.6 is 0 Å². The molecule has 0 fully saturated rings. The molecular formula is C26H24N2O4. The Balaban J connectivity index is 1.32. The average molecular weight is 428 g/mol. The second kappa shape index (κ2) is 9.83. The predicted molar refractivity (Wildman–Crippen MR) is 121 cm³/mol. The molecule has 0 saturated carbocycles. The van der Waals surface area contributed by atoms with Crippen molar-refractivity contribution in [1.82, 2.24) is 10.3 Å². The fourth-order valence-corrected chi connectivity index (χ4v) is 3.09. The Morgan fingerprint density at radius 2 is 1.88 bits per heavy atom. The highest BCUT2D eigenvalue weighted by molar-refractivity contribution is 5.92. The maximum atomic E-state index is 12.6. The van der Waals surface area contributed by atoms with Crippen LogP contribution in [0.25, 0.3) is 0 Å². The van der Waals surface area contributed by atoms with Crippen LogP contribution in [0.15, 0.2) is 83.6 Å². The lowest BCUT2D eigenvalue weighted by atomic mass is 10.1. The van der Waals surface area contributed by atoms with E-state index < -0.39 is 0 Å². The predicted octanol–water partition coefficient (Wildman–Crippen LogP) is 5.59. The van der Waals surface area contributed by atoms with Crippen LogP contribution in [0.3, 0.4) is 0 Å². The van der Waals surface area contributed by atoms with Crippen LogP contribution < -0.4 is 14.8 Å². The third-order valence-corrected chi connectivity index (χ3v) is 4.90. The number of carbonyl (C=O) groups excluding carboxylic acids is 1. The molecule has 0 bridgehead atoms. The summed E-state index contributed by atoms with van der Waals surface area (Å²) in [5.41, 5.74) is 3.69. The van der Waals surface area contributed by atoms with Crippen molar-refractivity contribution >= 4 is 5.91 Å². The number of hydrogen-bond acceptors (Lipinski definition) is 5. The summed E-state index contributed by atoms with van der Waals surface area (Å²) in [6, 6.07) is 20.9. The summed E-state index contributed by atoms with van der Waals surface area (Å²) in [6.45, 7) is 4.57. The van der Waals surface area contributed by atoms with Gasteiger partial charge in [-0.05, 0) is 54.8 Å². The van der Waals surface area contributed by atoms with Crippen LogP contribution in [0.1, 0.15) is 32.8 Å². The van der Waals surface area contributed by atoms with Crippen molar-refractivity contribution in [1.29, 1.82) is 0 Å². The fourth-order valence-electron chi connectivity index (χ4n) is 3.09. The molecule has 0 radical (unpaired) electrons. The zero-order valence-electron chi connectivity index (χ0n) is 18.0. The number of para-hydroxylation sites is 1. The van der Waals surface area contributed by atoms with Crippen LogP contribution in [0.4, 0.5) is 0 Å². The molecule has 0 unspecified atom stereocenters. The van der Waals surface area contributed by atoms with Crippen LogP contribution in [-0.4, -0.2) is 10.9 Å². The zero-order valence-corrected chi connectivity index (χ0v) is 18.0. The zero-order chi connectivity index (χ0) is 22.3. The van der Waals surface area contributed by atoms with Gasteiger partial charge in [0.15, 0.2) is 5.76 Å². The maximum absolute atomic E-state index is 12.6. The number of nitrogens with one attached hydrogen (secondary N) is 1. The van der Waals surface area contributed by atoms with Crippen molar-refractivity contribution in [3.05, 3.63) is 107 Å². The summed E-state index contributed by atoms with van der Waals surface area (Å²) in [5, 5.41) is 2.86. The van der Waals surface area contributed by atoms with Gasteiger partial charge in [0.25, 0.3) is 5.91 Å². The first-order valence-electron chi connectivity index (χ1n) is 10.3. The smallest absolute Gasteiger partial charge is 0.287 e. The Hall–Kier alpha value is -4.06. The molecular weight excluding hydrogens is 404 g/mol. The number of hydrogen-bond donors (Lipinski definition) is 1. The normalized spacial score (nSPS) is 10.6. The molecule has 2 heterocycles. The lowest BCUT2D eigenvalue weighted by Gasteiger charge is -2.10. The van der Waals surface area contributed by atoms with E-state index in [2.05, 4.69) is 10.3 Å². The topological polar surface area (TPSA) is 73.6 Å². The molecule has 1 amide bonds. The van der Waals surface area contributed by atoms with Gasteiger partial charge >= 0.3 is 0 Å². The fraction of sp³-hybridized carbons (Fsp3) is 0.154. The van der Waals surface area contributed by atoms with Gasteiger partial charge in [-0.2, -0.15) is 0 Å². The van der Waals surface area contributed by atoms with Gasteiger partial charge in [-0.1, -0.05) is 36.4 Å². The van der Waals surface area contributed by atoms with Crippen molar-refractivity contribution in [3.8, 4) is 17.4 Å². The SMILES string of the molecule is Cc1ccc(C)c(Oc2ccc(CNC(=O)c3occc3COc3ccccc3)cn2)c1. The van der Waals surface area contributed by atoms with Crippen molar-refractivity contribution < 1.29 is 18.7 Å². The minimum absolute atomic E-state index is 0.240. The Labute approximate surface area is 186 Å². The second-order valence-corrected chi connectivity index (χ2v) is 7.44. The lowest BCUT2D eigenvalue weighted by molar-refractivity contribution is 0.0919. The van der Waals surface area contributed by atoms with E-state index in [1.165, 1.54) is 6.26 Å². The van der Waals surface area contributed by atoms with Crippen molar-refractivity contribution in [2.45, 2.75) is 27.0 Å². The van der Waals surface area contributed by atoms with Crippen LogP contribution in [-0.2, 0) is 13.2 Å². The molecule has 2 aromatic carbocycles. The lowest BCUT2D eigenvalue weighted by Crippen LogP contribution is -2.23. The number of aromatic nitrogens is 1. The molecule has 32 heavy (non-hydrogen) atoms. The summed E-state index contributed by atoms with van der Waals surface area (Å²) < 4.78 is 17.0. The minimum Gasteiger partial charge on any atom is -0.489 e. The van der Waals surface area contributed by atoms with E-state index in [0.717, 1.165) is 28.2 Å². The van der Waals surface area contributed by atoms with Crippen LogP contribution in [0.5, 0.6) is 17.4 Å². The van der Waals surface area contributed by atoms with Gasteiger partial charge in [0, 0.05) is 24.4 Å². The van der Waals surface area contributed by atoms with E-state index in [1.807, 2.05) is 68.4 Å². The van der Waals surface area contributed by atoms with Gasteiger partial charge in [-0.15, -0.1) is 0 Å². The monoisotopic (exact) mass is 428 g/mol. The number of ether oxygens (including phenoxy) is 2. The number of carbonyl (C=O) groups is 1.